The summed E-state index contributed by atoms with van der Waals surface area (Å²) >= 11 is 2.00. The first-order valence-corrected chi connectivity index (χ1v) is 5.77. The Balaban J connectivity index is 2.14. The van der Waals surface area contributed by atoms with Crippen molar-refractivity contribution >= 4 is 11.8 Å². The first kappa shape index (κ1) is 9.91. The Hall–Kier alpha value is -0.170. The summed E-state index contributed by atoms with van der Waals surface area (Å²) in [6, 6.07) is 0. The molecule has 1 aliphatic rings. The van der Waals surface area contributed by atoms with Crippen LogP contribution >= 0.6 is 11.8 Å². The fourth-order valence-electron chi connectivity index (χ4n) is 1.11. The molecule has 0 radical (unpaired) electrons. The summed E-state index contributed by atoms with van der Waals surface area (Å²) in [5.41, 5.74) is 0. The normalized spacial score (nSPS) is 16.8. The maximum absolute atomic E-state index is 2.35. The minimum Gasteiger partial charge on any atom is -0.127 e. The lowest BCUT2D eigenvalue weighted by atomic mass is 10.2. The highest BCUT2D eigenvalue weighted by molar-refractivity contribution is 8.03. The number of thioether (sulfide) groups is 1. The molecule has 12 heavy (non-hydrogen) atoms. The molecule has 0 N–H and O–H groups in total. The molecular weight excluding hydrogens is 164 g/mol. The molecule has 1 heteroatoms. The van der Waals surface area contributed by atoms with Crippen LogP contribution < -0.4 is 0 Å². The lowest BCUT2D eigenvalue weighted by Crippen LogP contribution is -1.90. The van der Waals surface area contributed by atoms with Crippen molar-refractivity contribution in [2.45, 2.75) is 33.1 Å². The molecule has 68 valence electrons. The molecule has 0 heterocycles. The first-order valence-electron chi connectivity index (χ1n) is 4.78. The van der Waals surface area contributed by atoms with Crippen molar-refractivity contribution in [2.24, 2.45) is 5.92 Å². The minimum absolute atomic E-state index is 0.839. The lowest BCUT2D eigenvalue weighted by molar-refractivity contribution is 0.632. The summed E-state index contributed by atoms with van der Waals surface area (Å²) < 4.78 is 0. The van der Waals surface area contributed by atoms with E-state index in [9.17, 15) is 0 Å². The quantitative estimate of drug-likeness (QED) is 0.633. The molecule has 0 nitrogen and oxygen atoms in total. The van der Waals surface area contributed by atoms with E-state index in [0.29, 0.717) is 0 Å². The van der Waals surface area contributed by atoms with E-state index < -0.39 is 0 Å². The maximum atomic E-state index is 2.35. The van der Waals surface area contributed by atoms with Crippen LogP contribution in [0.4, 0.5) is 0 Å². The van der Waals surface area contributed by atoms with Crippen LogP contribution in [0.15, 0.2) is 23.1 Å². The number of rotatable bonds is 4. The smallest absolute Gasteiger partial charge is 0.00289 e. The van der Waals surface area contributed by atoms with Gasteiger partial charge in [-0.3, -0.25) is 0 Å². The summed E-state index contributed by atoms with van der Waals surface area (Å²) in [4.78, 5) is 1.47. The highest BCUT2D eigenvalue weighted by atomic mass is 32.2. The van der Waals surface area contributed by atoms with Gasteiger partial charge in [-0.05, 0) is 30.9 Å². The number of allylic oxidation sites excluding steroid dienone is 3. The zero-order chi connectivity index (χ0) is 8.81. The summed E-state index contributed by atoms with van der Waals surface area (Å²) in [6.07, 6.45) is 10.7. The van der Waals surface area contributed by atoms with Crippen molar-refractivity contribution in [3.05, 3.63) is 23.1 Å². The fraction of sp³-hybridized carbons (Fsp3) is 0.636. The van der Waals surface area contributed by atoms with Crippen LogP contribution in [-0.4, -0.2) is 5.75 Å². The standard InChI is InChI=1S/C11H18S/c1-10(2)8-9-12-11-6-4-3-5-7-11/h4,6-7,10H,3,5,8-9H2,1-2H3. The monoisotopic (exact) mass is 182 g/mol. The van der Waals surface area contributed by atoms with E-state index in [1.54, 1.807) is 0 Å². The van der Waals surface area contributed by atoms with E-state index in [4.69, 9.17) is 0 Å². The molecular formula is C11H18S. The largest absolute Gasteiger partial charge is 0.127 e. The van der Waals surface area contributed by atoms with Gasteiger partial charge in [0.25, 0.3) is 0 Å². The molecule has 1 rings (SSSR count). The average Bonchev–Trinajstić information content (AvgIpc) is 2.05. The van der Waals surface area contributed by atoms with Crippen molar-refractivity contribution in [3.63, 3.8) is 0 Å². The van der Waals surface area contributed by atoms with Gasteiger partial charge in [0, 0.05) is 4.91 Å². The summed E-state index contributed by atoms with van der Waals surface area (Å²) in [5.74, 6) is 2.11. The molecule has 0 saturated heterocycles. The van der Waals surface area contributed by atoms with Gasteiger partial charge in [0.05, 0.1) is 0 Å². The molecule has 0 fully saturated rings. The minimum atomic E-state index is 0.839. The molecule has 0 spiro atoms. The molecule has 0 amide bonds. The van der Waals surface area contributed by atoms with Gasteiger partial charge in [0.15, 0.2) is 0 Å². The first-order chi connectivity index (χ1) is 5.79. The van der Waals surface area contributed by atoms with Crippen LogP contribution in [0.2, 0.25) is 0 Å². The van der Waals surface area contributed by atoms with Crippen LogP contribution in [0.1, 0.15) is 33.1 Å². The Morgan fingerprint density at radius 2 is 2.25 bits per heavy atom. The van der Waals surface area contributed by atoms with Gasteiger partial charge in [-0.15, -0.1) is 11.8 Å². The zero-order valence-electron chi connectivity index (χ0n) is 8.05. The second-order valence-corrected chi connectivity index (χ2v) is 4.79. The Morgan fingerprint density at radius 1 is 1.42 bits per heavy atom. The van der Waals surface area contributed by atoms with Crippen LogP contribution in [0.5, 0.6) is 0 Å². The lowest BCUT2D eigenvalue weighted by Gasteiger charge is -2.07. The van der Waals surface area contributed by atoms with Gasteiger partial charge < -0.3 is 0 Å². The number of hydrogen-bond acceptors (Lipinski definition) is 1. The van der Waals surface area contributed by atoms with Crippen LogP contribution in [-0.2, 0) is 0 Å². The highest BCUT2D eigenvalue weighted by Crippen LogP contribution is 2.23. The molecule has 0 aromatic rings. The average molecular weight is 182 g/mol. The van der Waals surface area contributed by atoms with E-state index in [-0.39, 0.29) is 0 Å². The third kappa shape index (κ3) is 4.01. The fourth-order valence-corrected chi connectivity index (χ4v) is 2.36. The van der Waals surface area contributed by atoms with Gasteiger partial charge in [0.1, 0.15) is 0 Å². The topological polar surface area (TPSA) is 0 Å². The Kier molecular flexibility index (Phi) is 4.52. The summed E-state index contributed by atoms with van der Waals surface area (Å²) in [7, 11) is 0. The predicted molar refractivity (Wildman–Crippen MR) is 58.4 cm³/mol. The SMILES string of the molecule is CC(C)CCSC1=CCCC=C1. The van der Waals surface area contributed by atoms with E-state index in [1.807, 2.05) is 11.8 Å². The van der Waals surface area contributed by atoms with Gasteiger partial charge >= 0.3 is 0 Å². The maximum Gasteiger partial charge on any atom is 0.00289 e. The van der Waals surface area contributed by atoms with E-state index in [1.165, 1.54) is 29.9 Å². The van der Waals surface area contributed by atoms with Gasteiger partial charge in [-0.25, -0.2) is 0 Å². The zero-order valence-corrected chi connectivity index (χ0v) is 8.86. The van der Waals surface area contributed by atoms with Gasteiger partial charge in [-0.1, -0.05) is 32.1 Å². The van der Waals surface area contributed by atoms with Gasteiger partial charge in [0.2, 0.25) is 0 Å². The predicted octanol–water partition coefficient (Wildman–Crippen LogP) is 4.00. The summed E-state index contributed by atoms with van der Waals surface area (Å²) in [6.45, 7) is 4.57. The summed E-state index contributed by atoms with van der Waals surface area (Å²) in [5, 5.41) is 0. The van der Waals surface area contributed by atoms with Crippen molar-refractivity contribution < 1.29 is 0 Å². The van der Waals surface area contributed by atoms with Crippen LogP contribution in [0.25, 0.3) is 0 Å². The van der Waals surface area contributed by atoms with Crippen molar-refractivity contribution in [2.75, 3.05) is 5.75 Å². The molecule has 0 aliphatic heterocycles. The molecule has 0 saturated carbocycles. The Morgan fingerprint density at radius 3 is 2.83 bits per heavy atom. The number of hydrogen-bond donors (Lipinski definition) is 0. The third-order valence-electron chi connectivity index (χ3n) is 1.92. The second kappa shape index (κ2) is 5.47. The van der Waals surface area contributed by atoms with Crippen LogP contribution in [0.3, 0.4) is 0 Å². The van der Waals surface area contributed by atoms with E-state index in [0.717, 1.165) is 5.92 Å². The molecule has 1 aliphatic carbocycles. The van der Waals surface area contributed by atoms with Crippen molar-refractivity contribution in [1.82, 2.24) is 0 Å². The van der Waals surface area contributed by atoms with Gasteiger partial charge in [-0.2, -0.15) is 0 Å². The molecule has 0 atom stereocenters. The Bertz CT molecular complexity index is 177. The van der Waals surface area contributed by atoms with E-state index >= 15 is 0 Å². The van der Waals surface area contributed by atoms with Crippen molar-refractivity contribution in [1.29, 1.82) is 0 Å². The van der Waals surface area contributed by atoms with Crippen LogP contribution in [0, 0.1) is 5.92 Å². The second-order valence-electron chi connectivity index (χ2n) is 3.62. The molecule has 0 aromatic carbocycles. The molecule has 0 bridgehead atoms. The molecule has 0 unspecified atom stereocenters. The van der Waals surface area contributed by atoms with E-state index in [2.05, 4.69) is 32.1 Å². The third-order valence-corrected chi connectivity index (χ3v) is 3.00. The highest BCUT2D eigenvalue weighted by Gasteiger charge is 1.99. The Labute approximate surface area is 80.1 Å². The van der Waals surface area contributed by atoms with Crippen molar-refractivity contribution in [3.8, 4) is 0 Å². The molecule has 0 aromatic heterocycles.